The van der Waals surface area contributed by atoms with Gasteiger partial charge in [0.2, 0.25) is 0 Å². The molecule has 1 unspecified atom stereocenters. The van der Waals surface area contributed by atoms with Crippen molar-refractivity contribution in [2.45, 2.75) is 63.7 Å². The predicted molar refractivity (Wildman–Crippen MR) is 130 cm³/mol. The lowest BCUT2D eigenvalue weighted by atomic mass is 9.71. The first-order valence-electron chi connectivity index (χ1n) is 12.8. The lowest BCUT2D eigenvalue weighted by Crippen LogP contribution is -2.26. The highest BCUT2D eigenvalue weighted by Crippen LogP contribution is 2.40. The summed E-state index contributed by atoms with van der Waals surface area (Å²) in [5.74, 6) is -2.02. The Bertz CT molecular complexity index is 1460. The van der Waals surface area contributed by atoms with Crippen LogP contribution in [0, 0.1) is 41.1 Å². The molecular weight excluding hydrogens is 528 g/mol. The summed E-state index contributed by atoms with van der Waals surface area (Å²) < 4.78 is 116. The zero-order chi connectivity index (χ0) is 27.9. The summed E-state index contributed by atoms with van der Waals surface area (Å²) in [5, 5.41) is -1.40. The largest absolute Gasteiger partial charge is 0.458 e. The van der Waals surface area contributed by atoms with E-state index in [1.54, 1.807) is 6.07 Å². The van der Waals surface area contributed by atoms with E-state index in [9.17, 15) is 26.3 Å². The maximum absolute atomic E-state index is 15.1. The molecule has 0 spiro atoms. The minimum atomic E-state index is -5.02. The van der Waals surface area contributed by atoms with Crippen LogP contribution in [-0.2, 0) is 19.0 Å². The van der Waals surface area contributed by atoms with Gasteiger partial charge in [0.15, 0.2) is 5.82 Å². The number of hydrogen-bond acceptors (Lipinski definition) is 1. The standard InChI is InChI=1S/C30H24F8O/c31-25-15-21-14-23(16-26(32)27(21)28(33)24(25)10-11-29(34,35)36)39-30(37,38)22-9-8-19-12-18(6-7-20(19)13-22)17-4-2-1-3-5-17/h8-9,13-18H,1-7,12H2. The van der Waals surface area contributed by atoms with E-state index in [1.165, 1.54) is 50.2 Å². The fraction of sp³-hybridized carbons (Fsp3) is 0.400. The van der Waals surface area contributed by atoms with Crippen molar-refractivity contribution in [2.75, 3.05) is 0 Å². The lowest BCUT2D eigenvalue weighted by molar-refractivity contribution is -0.185. The zero-order valence-electron chi connectivity index (χ0n) is 20.7. The Balaban J connectivity index is 1.39. The molecule has 0 saturated heterocycles. The molecule has 39 heavy (non-hydrogen) atoms. The van der Waals surface area contributed by atoms with Crippen LogP contribution in [0.25, 0.3) is 10.8 Å². The molecule has 1 atom stereocenters. The van der Waals surface area contributed by atoms with Crippen LogP contribution >= 0.6 is 0 Å². The first-order valence-corrected chi connectivity index (χ1v) is 12.8. The second-order valence-corrected chi connectivity index (χ2v) is 10.3. The summed E-state index contributed by atoms with van der Waals surface area (Å²) in [4.78, 5) is 0. The zero-order valence-corrected chi connectivity index (χ0v) is 20.7. The first kappa shape index (κ1) is 27.3. The molecule has 1 saturated carbocycles. The number of hydrogen-bond donors (Lipinski definition) is 0. The molecular formula is C30H24F8O. The Hall–Kier alpha value is -3.28. The highest BCUT2D eigenvalue weighted by Gasteiger charge is 2.37. The topological polar surface area (TPSA) is 9.23 Å². The van der Waals surface area contributed by atoms with Gasteiger partial charge in [0, 0.05) is 12.0 Å². The predicted octanol–water partition coefficient (Wildman–Crippen LogP) is 8.98. The molecule has 206 valence electrons. The molecule has 0 aliphatic heterocycles. The number of fused-ring (bicyclic) bond motifs is 2. The monoisotopic (exact) mass is 552 g/mol. The molecule has 1 fully saturated rings. The molecule has 1 nitrogen and oxygen atoms in total. The van der Waals surface area contributed by atoms with Crippen molar-refractivity contribution in [2.24, 2.45) is 11.8 Å². The van der Waals surface area contributed by atoms with E-state index < -0.39 is 57.4 Å². The van der Waals surface area contributed by atoms with Gasteiger partial charge in [-0.25, -0.2) is 13.2 Å². The van der Waals surface area contributed by atoms with Gasteiger partial charge in [-0.15, -0.1) is 0 Å². The average Bonchev–Trinajstić information content (AvgIpc) is 2.87. The number of alkyl halides is 5. The maximum Gasteiger partial charge on any atom is 0.458 e. The van der Waals surface area contributed by atoms with E-state index in [0.717, 1.165) is 36.0 Å². The van der Waals surface area contributed by atoms with Crippen molar-refractivity contribution in [1.82, 2.24) is 0 Å². The van der Waals surface area contributed by atoms with Gasteiger partial charge in [-0.2, -0.15) is 22.0 Å². The molecule has 0 aromatic heterocycles. The van der Waals surface area contributed by atoms with Gasteiger partial charge < -0.3 is 4.74 Å². The molecule has 0 amide bonds. The molecule has 3 aromatic rings. The average molecular weight is 553 g/mol. The van der Waals surface area contributed by atoms with Gasteiger partial charge >= 0.3 is 12.3 Å². The Morgan fingerprint density at radius 1 is 0.769 bits per heavy atom. The summed E-state index contributed by atoms with van der Waals surface area (Å²) in [5.41, 5.74) is 0.123. The SMILES string of the molecule is Fc1cc2cc(OC(F)(F)c3ccc4c(c3)CCC(C3CCCCC3)C4)cc(F)c2c(F)c1C#CC(F)(F)F. The molecule has 2 aliphatic rings. The van der Waals surface area contributed by atoms with E-state index >= 15 is 8.78 Å². The Kier molecular flexibility index (Phi) is 7.25. The van der Waals surface area contributed by atoms with Crippen molar-refractivity contribution >= 4 is 10.8 Å². The maximum atomic E-state index is 15.1. The van der Waals surface area contributed by atoms with Crippen LogP contribution in [0.2, 0.25) is 0 Å². The summed E-state index contributed by atoms with van der Waals surface area (Å²) in [6.45, 7) is 0. The van der Waals surface area contributed by atoms with Crippen molar-refractivity contribution < 1.29 is 39.9 Å². The van der Waals surface area contributed by atoms with Gasteiger partial charge in [-0.05, 0) is 71.9 Å². The Labute approximate surface area is 220 Å². The number of ether oxygens (including phenoxy) is 1. The van der Waals surface area contributed by atoms with Crippen LogP contribution in [0.4, 0.5) is 35.1 Å². The van der Waals surface area contributed by atoms with Gasteiger partial charge in [0.25, 0.3) is 0 Å². The van der Waals surface area contributed by atoms with Gasteiger partial charge in [0.1, 0.15) is 17.4 Å². The summed E-state index contributed by atoms with van der Waals surface area (Å²) >= 11 is 0. The molecule has 3 aromatic carbocycles. The van der Waals surface area contributed by atoms with E-state index in [-0.39, 0.29) is 0 Å². The smallest absolute Gasteiger partial charge is 0.429 e. The normalized spacial score (nSPS) is 18.4. The second kappa shape index (κ2) is 10.4. The summed E-state index contributed by atoms with van der Waals surface area (Å²) in [7, 11) is 0. The number of halogens is 8. The number of benzene rings is 3. The van der Waals surface area contributed by atoms with Crippen molar-refractivity contribution in [3.8, 4) is 17.6 Å². The van der Waals surface area contributed by atoms with Crippen LogP contribution in [0.3, 0.4) is 0 Å². The molecule has 0 heterocycles. The van der Waals surface area contributed by atoms with E-state index in [2.05, 4.69) is 0 Å². The van der Waals surface area contributed by atoms with Crippen LogP contribution in [0.5, 0.6) is 5.75 Å². The molecule has 0 bridgehead atoms. The van der Waals surface area contributed by atoms with E-state index in [4.69, 9.17) is 4.74 Å². The lowest BCUT2D eigenvalue weighted by Gasteiger charge is -2.34. The van der Waals surface area contributed by atoms with E-state index in [1.807, 2.05) is 0 Å². The fourth-order valence-corrected chi connectivity index (χ4v) is 5.87. The fourth-order valence-electron chi connectivity index (χ4n) is 5.87. The van der Waals surface area contributed by atoms with Crippen LogP contribution in [0.1, 0.15) is 60.8 Å². The minimum absolute atomic E-state index is 0.437. The molecule has 0 N–H and O–H groups in total. The minimum Gasteiger partial charge on any atom is -0.429 e. The van der Waals surface area contributed by atoms with Crippen molar-refractivity contribution in [3.63, 3.8) is 0 Å². The summed E-state index contributed by atoms with van der Waals surface area (Å²) in [6, 6.07) is 6.12. The highest BCUT2D eigenvalue weighted by molar-refractivity contribution is 5.87. The quantitative estimate of drug-likeness (QED) is 0.232. The molecule has 5 rings (SSSR count). The molecule has 2 aliphatic carbocycles. The molecule has 9 heteroatoms. The third-order valence-corrected chi connectivity index (χ3v) is 7.75. The Morgan fingerprint density at radius 2 is 1.51 bits per heavy atom. The third-order valence-electron chi connectivity index (χ3n) is 7.75. The van der Waals surface area contributed by atoms with Crippen LogP contribution < -0.4 is 4.74 Å². The van der Waals surface area contributed by atoms with E-state index in [0.29, 0.717) is 30.4 Å². The van der Waals surface area contributed by atoms with Crippen LogP contribution in [-0.4, -0.2) is 6.18 Å². The second-order valence-electron chi connectivity index (χ2n) is 10.3. The molecule has 0 radical (unpaired) electrons. The Morgan fingerprint density at radius 3 is 2.23 bits per heavy atom. The highest BCUT2D eigenvalue weighted by atomic mass is 19.4. The number of aryl methyl sites for hydroxylation is 1. The first-order chi connectivity index (χ1) is 18.4. The number of rotatable bonds is 4. The van der Waals surface area contributed by atoms with Gasteiger partial charge in [-0.3, -0.25) is 0 Å². The van der Waals surface area contributed by atoms with Gasteiger partial charge in [0.05, 0.1) is 16.5 Å². The van der Waals surface area contributed by atoms with Crippen molar-refractivity contribution in [3.05, 3.63) is 76.1 Å². The summed E-state index contributed by atoms with van der Waals surface area (Å²) in [6.07, 6.45) is -0.315. The van der Waals surface area contributed by atoms with Crippen LogP contribution in [0.15, 0.2) is 36.4 Å². The van der Waals surface area contributed by atoms with Gasteiger partial charge in [-0.1, -0.05) is 44.1 Å². The third kappa shape index (κ3) is 5.85. The van der Waals surface area contributed by atoms with Crippen molar-refractivity contribution in [1.29, 1.82) is 0 Å².